The Bertz CT molecular complexity index is 628. The molecule has 0 atom stereocenters. The van der Waals surface area contributed by atoms with E-state index in [4.69, 9.17) is 6.57 Å². The Kier molecular flexibility index (Phi) is 3.14. The van der Waals surface area contributed by atoms with Gasteiger partial charge in [0, 0.05) is 5.56 Å². The van der Waals surface area contributed by atoms with Crippen LogP contribution in [-0.2, 0) is 0 Å². The Morgan fingerprint density at radius 3 is 2.59 bits per heavy atom. The highest BCUT2D eigenvalue weighted by Gasteiger charge is 1.93. The third-order valence-corrected chi connectivity index (χ3v) is 2.04. The van der Waals surface area contributed by atoms with E-state index >= 15 is 0 Å². The van der Waals surface area contributed by atoms with Gasteiger partial charge in [0.2, 0.25) is 0 Å². The fraction of sp³-hybridized carbons (Fsp3) is 0. The van der Waals surface area contributed by atoms with Crippen LogP contribution in [0.4, 0.5) is 10.2 Å². The summed E-state index contributed by atoms with van der Waals surface area (Å²) < 4.78 is 12.9. The molecule has 0 bridgehead atoms. The summed E-state index contributed by atoms with van der Waals surface area (Å²) in [6, 6.07) is 9.40. The number of nitrogens with zero attached hydrogens (tertiary/aromatic N) is 2. The van der Waals surface area contributed by atoms with E-state index in [1.807, 2.05) is 0 Å². The average molecular weight is 222 g/mol. The quantitative estimate of drug-likeness (QED) is 0.494. The fourth-order valence-electron chi connectivity index (χ4n) is 1.24. The van der Waals surface area contributed by atoms with E-state index in [1.54, 1.807) is 24.3 Å². The minimum Gasteiger partial charge on any atom is -0.361 e. The molecule has 0 saturated heterocycles. The Labute approximate surface area is 98.6 Å². The molecule has 1 aromatic heterocycles. The van der Waals surface area contributed by atoms with Crippen LogP contribution in [0.3, 0.4) is 0 Å². The summed E-state index contributed by atoms with van der Waals surface area (Å²) in [4.78, 5) is 7.08. The van der Waals surface area contributed by atoms with Gasteiger partial charge in [-0.15, -0.1) is 4.98 Å². The van der Waals surface area contributed by atoms with E-state index < -0.39 is 0 Å². The number of rotatable bonds is 0. The smallest absolute Gasteiger partial charge is 0.269 e. The predicted octanol–water partition coefficient (Wildman–Crippen LogP) is 3.17. The zero-order valence-electron chi connectivity index (χ0n) is 8.81. The van der Waals surface area contributed by atoms with Gasteiger partial charge in [-0.05, 0) is 24.3 Å². The third kappa shape index (κ3) is 2.90. The molecule has 17 heavy (non-hydrogen) atoms. The van der Waals surface area contributed by atoms with Crippen molar-refractivity contribution in [2.45, 2.75) is 0 Å². The molecule has 80 valence electrons. The van der Waals surface area contributed by atoms with Crippen LogP contribution in [0.2, 0.25) is 0 Å². The van der Waals surface area contributed by atoms with E-state index in [0.717, 1.165) is 0 Å². The van der Waals surface area contributed by atoms with Gasteiger partial charge in [0.05, 0.1) is 5.56 Å². The lowest BCUT2D eigenvalue weighted by molar-refractivity contribution is 0.627. The lowest BCUT2D eigenvalue weighted by atomic mass is 10.2. The maximum absolute atomic E-state index is 12.9. The summed E-state index contributed by atoms with van der Waals surface area (Å²) in [6.07, 6.45) is 1.53. The highest BCUT2D eigenvalue weighted by molar-refractivity contribution is 5.45. The maximum atomic E-state index is 12.9. The molecule has 0 unspecified atom stereocenters. The van der Waals surface area contributed by atoms with Gasteiger partial charge in [0.15, 0.2) is 0 Å². The monoisotopic (exact) mass is 222 g/mol. The van der Waals surface area contributed by atoms with E-state index in [0.29, 0.717) is 16.9 Å². The van der Waals surface area contributed by atoms with Crippen LogP contribution >= 0.6 is 0 Å². The van der Waals surface area contributed by atoms with Crippen LogP contribution < -0.4 is 0 Å². The molecule has 0 spiro atoms. The summed E-state index contributed by atoms with van der Waals surface area (Å²) in [5, 5.41) is 0. The lowest BCUT2D eigenvalue weighted by Gasteiger charge is -1.90. The van der Waals surface area contributed by atoms with Crippen molar-refractivity contribution in [2.75, 3.05) is 0 Å². The molecule has 0 aliphatic heterocycles. The van der Waals surface area contributed by atoms with Gasteiger partial charge >= 0.3 is 0 Å². The van der Waals surface area contributed by atoms with E-state index in [2.05, 4.69) is 21.7 Å². The van der Waals surface area contributed by atoms with Crippen LogP contribution in [0.15, 0.2) is 42.6 Å². The van der Waals surface area contributed by atoms with Gasteiger partial charge in [-0.1, -0.05) is 30.5 Å². The van der Waals surface area contributed by atoms with Gasteiger partial charge in [-0.3, -0.25) is 0 Å². The minimum absolute atomic E-state index is 0.307. The number of aromatic nitrogens is 1. The molecule has 0 radical (unpaired) electrons. The molecule has 0 amide bonds. The summed E-state index contributed by atoms with van der Waals surface area (Å²) >= 11 is 0. The van der Waals surface area contributed by atoms with Crippen molar-refractivity contribution in [2.24, 2.45) is 0 Å². The second-order valence-electron chi connectivity index (χ2n) is 3.28. The average Bonchev–Trinajstić information content (AvgIpc) is 2.37. The number of hydrogen-bond donors (Lipinski definition) is 0. The maximum Gasteiger partial charge on any atom is 0.269 e. The Hall–Kier alpha value is -2.65. The molecule has 1 aromatic carbocycles. The van der Waals surface area contributed by atoms with Crippen molar-refractivity contribution in [3.8, 4) is 11.8 Å². The minimum atomic E-state index is -0.307. The number of halogens is 1. The molecule has 0 aliphatic rings. The van der Waals surface area contributed by atoms with Crippen molar-refractivity contribution in [3.63, 3.8) is 0 Å². The fourth-order valence-corrected chi connectivity index (χ4v) is 1.24. The van der Waals surface area contributed by atoms with Gasteiger partial charge in [-0.25, -0.2) is 4.39 Å². The molecule has 2 aromatic rings. The summed E-state index contributed by atoms with van der Waals surface area (Å²) in [5.74, 6) is 5.72. The Morgan fingerprint density at radius 2 is 1.94 bits per heavy atom. The molecule has 0 saturated carbocycles. The highest BCUT2D eigenvalue weighted by Crippen LogP contribution is 2.07. The zero-order valence-corrected chi connectivity index (χ0v) is 8.81. The molecule has 1 heterocycles. The highest BCUT2D eigenvalue weighted by atomic mass is 19.1. The van der Waals surface area contributed by atoms with Crippen LogP contribution in [0.1, 0.15) is 11.1 Å². The molecular formula is C14H7FN2. The molecule has 3 heteroatoms. The molecule has 0 aliphatic carbocycles. The van der Waals surface area contributed by atoms with Crippen LogP contribution in [0, 0.1) is 24.2 Å². The summed E-state index contributed by atoms with van der Waals surface area (Å²) in [5.41, 5.74) is 1.31. The topological polar surface area (TPSA) is 17.2 Å². The van der Waals surface area contributed by atoms with Crippen molar-refractivity contribution >= 4 is 5.82 Å². The van der Waals surface area contributed by atoms with Gasteiger partial charge in [0.25, 0.3) is 5.82 Å². The van der Waals surface area contributed by atoms with Crippen molar-refractivity contribution in [3.05, 3.63) is 71.0 Å². The summed E-state index contributed by atoms with van der Waals surface area (Å²) in [6.45, 7) is 6.76. The molecular weight excluding hydrogens is 215 g/mol. The van der Waals surface area contributed by atoms with Crippen molar-refractivity contribution < 1.29 is 4.39 Å². The zero-order chi connectivity index (χ0) is 12.1. The van der Waals surface area contributed by atoms with Gasteiger partial charge in [-0.2, -0.15) is 0 Å². The first-order chi connectivity index (χ1) is 8.28. The second kappa shape index (κ2) is 4.92. The predicted molar refractivity (Wildman–Crippen MR) is 62.9 cm³/mol. The molecule has 0 fully saturated rings. The first-order valence-electron chi connectivity index (χ1n) is 4.89. The number of pyridine rings is 1. The Balaban J connectivity index is 2.24. The second-order valence-corrected chi connectivity index (χ2v) is 3.28. The SMILES string of the molecule is [C-]#[N+]c1ccc(C#Cc2cccc(F)c2)cn1. The standard InChI is InChI=1S/C14H7FN2/c1-16-14-8-7-12(10-17-14)6-5-11-3-2-4-13(15)9-11/h2-4,7-10H. The normalized spacial score (nSPS) is 8.94. The first-order valence-corrected chi connectivity index (χ1v) is 4.89. The van der Waals surface area contributed by atoms with Crippen LogP contribution in [0.25, 0.3) is 4.85 Å². The lowest BCUT2D eigenvalue weighted by Crippen LogP contribution is -1.79. The number of benzene rings is 1. The van der Waals surface area contributed by atoms with Crippen molar-refractivity contribution in [1.29, 1.82) is 0 Å². The van der Waals surface area contributed by atoms with Crippen LogP contribution in [0.5, 0.6) is 0 Å². The van der Waals surface area contributed by atoms with Crippen molar-refractivity contribution in [1.82, 2.24) is 4.98 Å². The van der Waals surface area contributed by atoms with E-state index in [1.165, 1.54) is 18.3 Å². The molecule has 0 N–H and O–H groups in total. The summed E-state index contributed by atoms with van der Waals surface area (Å²) in [7, 11) is 0. The number of hydrogen-bond acceptors (Lipinski definition) is 1. The van der Waals surface area contributed by atoms with Gasteiger partial charge < -0.3 is 4.85 Å². The first kappa shape index (κ1) is 10.9. The largest absolute Gasteiger partial charge is 0.361 e. The van der Waals surface area contributed by atoms with Gasteiger partial charge in [0.1, 0.15) is 12.0 Å². The third-order valence-electron chi connectivity index (χ3n) is 2.04. The Morgan fingerprint density at radius 1 is 1.12 bits per heavy atom. The molecule has 2 rings (SSSR count). The molecule has 2 nitrogen and oxygen atoms in total. The van der Waals surface area contributed by atoms with E-state index in [9.17, 15) is 4.39 Å². The van der Waals surface area contributed by atoms with Crippen LogP contribution in [-0.4, -0.2) is 4.98 Å². The van der Waals surface area contributed by atoms with E-state index in [-0.39, 0.29) is 5.82 Å².